The van der Waals surface area contributed by atoms with Crippen LogP contribution < -0.4 is 15.9 Å². The predicted octanol–water partition coefficient (Wildman–Crippen LogP) is 2.03. The number of aryl methyl sites for hydroxylation is 2. The van der Waals surface area contributed by atoms with E-state index in [9.17, 15) is 9.59 Å². The fourth-order valence-corrected chi connectivity index (χ4v) is 2.48. The topological polar surface area (TPSA) is 99.2 Å². The minimum absolute atomic E-state index is 0.181. The second-order valence-electron chi connectivity index (χ2n) is 5.28. The van der Waals surface area contributed by atoms with E-state index in [2.05, 4.69) is 10.4 Å². The number of carbonyl (C=O) groups excluding carboxylic acids is 2. The van der Waals surface area contributed by atoms with Crippen molar-refractivity contribution >= 4 is 11.8 Å². The number of ether oxygens (including phenoxy) is 1. The van der Waals surface area contributed by atoms with Crippen LogP contribution in [0.5, 0.6) is 5.75 Å². The molecule has 0 spiro atoms. The second-order valence-corrected chi connectivity index (χ2v) is 5.28. The van der Waals surface area contributed by atoms with Gasteiger partial charge in [-0.2, -0.15) is 0 Å². The summed E-state index contributed by atoms with van der Waals surface area (Å²) in [6.07, 6.45) is 1.43. The van der Waals surface area contributed by atoms with Crippen LogP contribution in [-0.4, -0.2) is 28.1 Å². The summed E-state index contributed by atoms with van der Waals surface area (Å²) < 4.78 is 6.86. The molecule has 1 aromatic carbocycles. The number of nitrogens with zero attached hydrogens (tertiary/aromatic N) is 2. The molecule has 7 heteroatoms. The summed E-state index contributed by atoms with van der Waals surface area (Å²) in [7, 11) is 0. The van der Waals surface area contributed by atoms with Crippen molar-refractivity contribution in [2.45, 2.75) is 33.6 Å². The third-order valence-electron chi connectivity index (χ3n) is 3.47. The quantitative estimate of drug-likeness (QED) is 0.811. The summed E-state index contributed by atoms with van der Waals surface area (Å²) in [5, 5.41) is 0. The van der Waals surface area contributed by atoms with Crippen LogP contribution in [0.25, 0.3) is 0 Å². The number of hydrogen-bond donors (Lipinski definition) is 2. The molecule has 2 amide bonds. The van der Waals surface area contributed by atoms with Gasteiger partial charge in [0.15, 0.2) is 5.69 Å². The Morgan fingerprint density at radius 3 is 2.62 bits per heavy atom. The Morgan fingerprint density at radius 2 is 2.00 bits per heavy atom. The first-order valence-corrected chi connectivity index (χ1v) is 7.90. The molecule has 7 nitrogen and oxygen atoms in total. The summed E-state index contributed by atoms with van der Waals surface area (Å²) in [6.45, 7) is 5.97. The van der Waals surface area contributed by atoms with Crippen LogP contribution in [0.1, 0.15) is 52.6 Å². The van der Waals surface area contributed by atoms with E-state index in [0.717, 1.165) is 6.42 Å². The van der Waals surface area contributed by atoms with Crippen molar-refractivity contribution in [3.8, 4) is 5.75 Å². The lowest BCUT2D eigenvalue weighted by Crippen LogP contribution is -2.30. The van der Waals surface area contributed by atoms with Crippen LogP contribution in [0.3, 0.4) is 0 Å². The summed E-state index contributed by atoms with van der Waals surface area (Å²) in [5.74, 6) is 0.0371. The average Bonchev–Trinajstić information content (AvgIpc) is 2.84. The summed E-state index contributed by atoms with van der Waals surface area (Å²) in [6, 6.07) is 6.92. The number of benzene rings is 1. The van der Waals surface area contributed by atoms with Gasteiger partial charge in [-0.05, 0) is 32.4 Å². The molecule has 0 aliphatic carbocycles. The van der Waals surface area contributed by atoms with Crippen LogP contribution in [0.2, 0.25) is 0 Å². The van der Waals surface area contributed by atoms with E-state index >= 15 is 0 Å². The molecule has 0 atom stereocenters. The molecule has 24 heavy (non-hydrogen) atoms. The summed E-state index contributed by atoms with van der Waals surface area (Å²) in [4.78, 5) is 28.7. The molecule has 2 rings (SSSR count). The van der Waals surface area contributed by atoms with Gasteiger partial charge in [0.1, 0.15) is 11.6 Å². The van der Waals surface area contributed by atoms with Gasteiger partial charge in [0.05, 0.1) is 17.9 Å². The maximum Gasteiger partial charge on any atom is 0.273 e. The molecule has 0 saturated carbocycles. The maximum absolute atomic E-state index is 12.7. The molecule has 0 unspecified atom stereocenters. The van der Waals surface area contributed by atoms with Crippen molar-refractivity contribution < 1.29 is 14.3 Å². The van der Waals surface area contributed by atoms with E-state index < -0.39 is 11.8 Å². The average molecular weight is 330 g/mol. The van der Waals surface area contributed by atoms with Crippen molar-refractivity contribution in [3.05, 3.63) is 47.0 Å². The monoisotopic (exact) mass is 330 g/mol. The van der Waals surface area contributed by atoms with Crippen molar-refractivity contribution in [1.29, 1.82) is 0 Å². The molecule has 2 aromatic rings. The third kappa shape index (κ3) is 3.56. The van der Waals surface area contributed by atoms with E-state index in [1.807, 2.05) is 13.8 Å². The molecule has 0 aliphatic heterocycles. The molecule has 0 radical (unpaired) electrons. The first kappa shape index (κ1) is 17.5. The molecule has 0 aliphatic rings. The lowest BCUT2D eigenvalue weighted by atomic mass is 10.2. The molecule has 0 fully saturated rings. The lowest BCUT2D eigenvalue weighted by Gasteiger charge is -2.14. The fraction of sp³-hybridized carbons (Fsp3) is 0.353. The Balaban J connectivity index is 2.40. The second kappa shape index (κ2) is 7.63. The molecule has 3 N–H and O–H groups in total. The van der Waals surface area contributed by atoms with Gasteiger partial charge in [-0.1, -0.05) is 19.1 Å². The number of amides is 2. The van der Waals surface area contributed by atoms with Gasteiger partial charge in [0, 0.05) is 6.42 Å². The van der Waals surface area contributed by atoms with Crippen molar-refractivity contribution in [1.82, 2.24) is 9.66 Å². The smallest absolute Gasteiger partial charge is 0.273 e. The van der Waals surface area contributed by atoms with E-state index in [-0.39, 0.29) is 5.69 Å². The Morgan fingerprint density at radius 1 is 1.29 bits per heavy atom. The Hall–Kier alpha value is -2.83. The van der Waals surface area contributed by atoms with Gasteiger partial charge in [-0.15, -0.1) is 0 Å². The van der Waals surface area contributed by atoms with E-state index in [4.69, 9.17) is 10.5 Å². The maximum atomic E-state index is 12.7. The number of nitrogens with two attached hydrogens (primary N) is 1. The molecule has 0 saturated heterocycles. The van der Waals surface area contributed by atoms with Crippen LogP contribution in [0.4, 0.5) is 0 Å². The molecule has 128 valence electrons. The highest BCUT2D eigenvalue weighted by atomic mass is 16.5. The highest BCUT2D eigenvalue weighted by Crippen LogP contribution is 2.19. The van der Waals surface area contributed by atoms with Gasteiger partial charge in [-0.3, -0.25) is 15.0 Å². The van der Waals surface area contributed by atoms with Crippen LogP contribution in [0, 0.1) is 6.92 Å². The molecular formula is C17H22N4O3. The zero-order valence-corrected chi connectivity index (χ0v) is 14.1. The largest absolute Gasteiger partial charge is 0.493 e. The van der Waals surface area contributed by atoms with Gasteiger partial charge < -0.3 is 10.5 Å². The van der Waals surface area contributed by atoms with Crippen LogP contribution >= 0.6 is 0 Å². The standard InChI is InChI=1S/C17H22N4O3/c1-4-8-14-19-11(3)15(16(18)22)21(14)20-17(23)12-9-6-7-10-13(12)24-5-2/h6-7,9-10H,4-5,8H2,1-3H3,(H2,18,22)(H,20,23). The number of rotatable bonds is 7. The predicted molar refractivity (Wildman–Crippen MR) is 90.8 cm³/mol. The van der Waals surface area contributed by atoms with E-state index in [1.54, 1.807) is 31.2 Å². The number of primary amides is 1. The first-order valence-electron chi connectivity index (χ1n) is 7.90. The molecular weight excluding hydrogens is 308 g/mol. The SMILES string of the molecule is CCCc1nc(C)c(C(N)=O)n1NC(=O)c1ccccc1OCC. The van der Waals surface area contributed by atoms with Crippen LogP contribution in [0.15, 0.2) is 24.3 Å². The van der Waals surface area contributed by atoms with Crippen molar-refractivity contribution in [3.63, 3.8) is 0 Å². The zero-order valence-electron chi connectivity index (χ0n) is 14.1. The number of nitrogens with one attached hydrogen (secondary N) is 1. The third-order valence-corrected chi connectivity index (χ3v) is 3.47. The minimum Gasteiger partial charge on any atom is -0.493 e. The zero-order chi connectivity index (χ0) is 17.7. The normalized spacial score (nSPS) is 10.5. The van der Waals surface area contributed by atoms with E-state index in [1.165, 1.54) is 4.68 Å². The van der Waals surface area contributed by atoms with Crippen molar-refractivity contribution in [2.75, 3.05) is 12.0 Å². The molecule has 1 aromatic heterocycles. The number of para-hydroxylation sites is 1. The Labute approximate surface area is 140 Å². The number of imidazole rings is 1. The van der Waals surface area contributed by atoms with Gasteiger partial charge in [0.2, 0.25) is 0 Å². The molecule has 1 heterocycles. The highest BCUT2D eigenvalue weighted by Gasteiger charge is 2.21. The van der Waals surface area contributed by atoms with Crippen molar-refractivity contribution in [2.24, 2.45) is 5.73 Å². The van der Waals surface area contributed by atoms with Gasteiger partial charge in [0.25, 0.3) is 11.8 Å². The van der Waals surface area contributed by atoms with E-state index in [0.29, 0.717) is 35.9 Å². The van der Waals surface area contributed by atoms with Gasteiger partial charge in [-0.25, -0.2) is 9.66 Å². The minimum atomic E-state index is -0.638. The lowest BCUT2D eigenvalue weighted by molar-refractivity contribution is 0.0986. The van der Waals surface area contributed by atoms with Gasteiger partial charge >= 0.3 is 0 Å². The Kier molecular flexibility index (Phi) is 5.57. The van der Waals surface area contributed by atoms with Crippen LogP contribution in [-0.2, 0) is 6.42 Å². The highest BCUT2D eigenvalue weighted by molar-refractivity contribution is 6.03. The fourth-order valence-electron chi connectivity index (χ4n) is 2.48. The summed E-state index contributed by atoms with van der Waals surface area (Å²) in [5.41, 5.74) is 9.21. The number of hydrogen-bond acceptors (Lipinski definition) is 4. The Bertz CT molecular complexity index is 752. The summed E-state index contributed by atoms with van der Waals surface area (Å²) >= 11 is 0. The first-order chi connectivity index (χ1) is 11.5. The number of aromatic nitrogens is 2. The number of carbonyl (C=O) groups is 2. The molecule has 0 bridgehead atoms.